The van der Waals surface area contributed by atoms with Gasteiger partial charge in [0.2, 0.25) is 0 Å². The van der Waals surface area contributed by atoms with Crippen molar-refractivity contribution >= 4 is 17.6 Å². The summed E-state index contributed by atoms with van der Waals surface area (Å²) in [6.07, 6.45) is 1.59. The number of amides is 1. The fraction of sp³-hybridized carbons (Fsp3) is 0.526. The quantitative estimate of drug-likeness (QED) is 0.684. The molecule has 3 rings (SSSR count). The molecule has 5 heteroatoms. The van der Waals surface area contributed by atoms with Crippen molar-refractivity contribution in [3.8, 4) is 5.75 Å². The van der Waals surface area contributed by atoms with Crippen molar-refractivity contribution in [2.45, 2.75) is 51.2 Å². The van der Waals surface area contributed by atoms with Crippen molar-refractivity contribution in [1.29, 1.82) is 0 Å². The Kier molecular flexibility index (Phi) is 4.14. The summed E-state index contributed by atoms with van der Waals surface area (Å²) >= 11 is 0. The van der Waals surface area contributed by atoms with Crippen LogP contribution < -0.4 is 4.74 Å². The van der Waals surface area contributed by atoms with E-state index in [2.05, 4.69) is 5.94 Å². The van der Waals surface area contributed by atoms with Crippen LogP contribution in [-0.4, -0.2) is 41.2 Å². The molecule has 0 unspecified atom stereocenters. The zero-order valence-electron chi connectivity index (χ0n) is 14.4. The maximum absolute atomic E-state index is 12.2. The molecule has 1 spiro atoms. The second-order valence-electron chi connectivity index (χ2n) is 7.51. The number of hydrogen-bond acceptors (Lipinski definition) is 4. The molecule has 2 heterocycles. The van der Waals surface area contributed by atoms with Gasteiger partial charge in [-0.2, -0.15) is 0 Å². The molecule has 1 aromatic rings. The van der Waals surface area contributed by atoms with E-state index in [4.69, 9.17) is 9.47 Å². The molecule has 0 N–H and O–H groups in total. The van der Waals surface area contributed by atoms with E-state index in [1.54, 1.807) is 4.90 Å². The Balaban J connectivity index is 1.72. The molecule has 1 aromatic carbocycles. The lowest BCUT2D eigenvalue weighted by atomic mass is 9.81. The molecule has 0 atom stereocenters. The van der Waals surface area contributed by atoms with Crippen molar-refractivity contribution in [3.63, 3.8) is 0 Å². The van der Waals surface area contributed by atoms with Crippen molar-refractivity contribution in [2.24, 2.45) is 0 Å². The van der Waals surface area contributed by atoms with Crippen LogP contribution >= 0.6 is 0 Å². The lowest BCUT2D eigenvalue weighted by Gasteiger charge is -2.44. The highest BCUT2D eigenvalue weighted by Crippen LogP contribution is 2.43. The Morgan fingerprint density at radius 3 is 2.54 bits per heavy atom. The van der Waals surface area contributed by atoms with Crippen LogP contribution in [-0.2, 0) is 9.53 Å². The molecule has 0 radical (unpaired) electrons. The van der Waals surface area contributed by atoms with Crippen LogP contribution in [0.15, 0.2) is 24.3 Å². The third-order valence-corrected chi connectivity index (χ3v) is 4.49. The summed E-state index contributed by atoms with van der Waals surface area (Å²) in [5.74, 6) is 2.81. The van der Waals surface area contributed by atoms with Gasteiger partial charge in [-0.25, -0.2) is 9.59 Å². The lowest BCUT2D eigenvalue weighted by molar-refractivity contribution is -0.0179. The summed E-state index contributed by atoms with van der Waals surface area (Å²) in [7, 11) is 0. The maximum Gasteiger partial charge on any atom is 0.410 e. The van der Waals surface area contributed by atoms with Crippen LogP contribution in [0.3, 0.4) is 0 Å². The minimum Gasteiger partial charge on any atom is -0.486 e. The molecule has 1 fully saturated rings. The highest BCUT2D eigenvalue weighted by atomic mass is 16.6. The first kappa shape index (κ1) is 16.6. The Hall–Kier alpha value is -2.26. The van der Waals surface area contributed by atoms with Crippen LogP contribution in [0.4, 0.5) is 4.79 Å². The van der Waals surface area contributed by atoms with Crippen molar-refractivity contribution in [1.82, 2.24) is 4.90 Å². The minimum absolute atomic E-state index is 0.292. The summed E-state index contributed by atoms with van der Waals surface area (Å²) in [6, 6.07) is 7.56. The first-order valence-corrected chi connectivity index (χ1v) is 8.32. The van der Waals surface area contributed by atoms with Gasteiger partial charge in [-0.15, -0.1) is 0 Å². The minimum atomic E-state index is -0.500. The van der Waals surface area contributed by atoms with E-state index in [9.17, 15) is 9.59 Å². The molecule has 24 heavy (non-hydrogen) atoms. The molecule has 0 saturated carbocycles. The van der Waals surface area contributed by atoms with Crippen LogP contribution in [0.25, 0.3) is 5.57 Å². The van der Waals surface area contributed by atoms with Crippen molar-refractivity contribution in [3.05, 3.63) is 29.8 Å². The predicted octanol–water partition coefficient (Wildman–Crippen LogP) is 3.45. The molecule has 1 amide bonds. The number of benzene rings is 1. The van der Waals surface area contributed by atoms with Gasteiger partial charge in [0.1, 0.15) is 22.9 Å². The Labute approximate surface area is 142 Å². The van der Waals surface area contributed by atoms with Crippen molar-refractivity contribution < 1.29 is 19.1 Å². The highest BCUT2D eigenvalue weighted by Gasteiger charge is 2.43. The highest BCUT2D eigenvalue weighted by molar-refractivity contribution is 5.91. The first-order valence-electron chi connectivity index (χ1n) is 8.32. The molecule has 128 valence electrons. The van der Waals surface area contributed by atoms with E-state index < -0.39 is 11.2 Å². The molecule has 1 saturated heterocycles. The summed E-state index contributed by atoms with van der Waals surface area (Å²) < 4.78 is 11.7. The summed E-state index contributed by atoms with van der Waals surface area (Å²) in [6.45, 7) is 6.70. The van der Waals surface area contributed by atoms with Gasteiger partial charge in [0.25, 0.3) is 0 Å². The van der Waals surface area contributed by atoms with Crippen LogP contribution in [0.5, 0.6) is 5.75 Å². The van der Waals surface area contributed by atoms with Gasteiger partial charge in [-0.05, 0) is 26.8 Å². The molecular formula is C19H23NO4. The third kappa shape index (κ3) is 3.31. The van der Waals surface area contributed by atoms with E-state index in [1.807, 2.05) is 45.0 Å². The van der Waals surface area contributed by atoms with Gasteiger partial charge in [-0.1, -0.05) is 18.2 Å². The van der Waals surface area contributed by atoms with E-state index in [0.29, 0.717) is 37.9 Å². The van der Waals surface area contributed by atoms with Crippen LogP contribution in [0, 0.1) is 0 Å². The fourth-order valence-corrected chi connectivity index (χ4v) is 3.28. The number of piperidine rings is 1. The van der Waals surface area contributed by atoms with Gasteiger partial charge < -0.3 is 14.4 Å². The van der Waals surface area contributed by atoms with E-state index >= 15 is 0 Å². The number of ether oxygens (including phenoxy) is 2. The maximum atomic E-state index is 12.2. The number of hydrogen-bond donors (Lipinski definition) is 0. The second-order valence-corrected chi connectivity index (χ2v) is 7.51. The normalized spacial score (nSPS) is 19.3. The van der Waals surface area contributed by atoms with E-state index in [1.165, 1.54) is 0 Å². The monoisotopic (exact) mass is 329 g/mol. The summed E-state index contributed by atoms with van der Waals surface area (Å²) in [5, 5.41) is 0. The molecular weight excluding hydrogens is 306 g/mol. The topological polar surface area (TPSA) is 55.8 Å². The van der Waals surface area contributed by atoms with E-state index in [0.717, 1.165) is 11.3 Å². The predicted molar refractivity (Wildman–Crippen MR) is 90.6 cm³/mol. The summed E-state index contributed by atoms with van der Waals surface area (Å²) in [5.41, 5.74) is 0.551. The average Bonchev–Trinajstić information content (AvgIpc) is 2.53. The largest absolute Gasteiger partial charge is 0.486 e. The Bertz CT molecular complexity index is 690. The van der Waals surface area contributed by atoms with Crippen LogP contribution in [0.2, 0.25) is 0 Å². The molecule has 0 bridgehead atoms. The number of carbonyl (C=O) groups is 1. The zero-order chi connectivity index (χ0) is 17.4. The lowest BCUT2D eigenvalue weighted by Crippen LogP contribution is -2.51. The van der Waals surface area contributed by atoms with Gasteiger partial charge in [0.15, 0.2) is 0 Å². The molecule has 5 nitrogen and oxygen atoms in total. The number of likely N-dealkylation sites (tertiary alicyclic amines) is 1. The van der Waals surface area contributed by atoms with Gasteiger partial charge in [0.05, 0.1) is 5.57 Å². The first-order chi connectivity index (χ1) is 11.3. The Morgan fingerprint density at radius 2 is 1.92 bits per heavy atom. The van der Waals surface area contributed by atoms with Crippen LogP contribution in [0.1, 0.15) is 45.6 Å². The smallest absolute Gasteiger partial charge is 0.410 e. The standard InChI is InChI=1S/C19H23NO4/c1-18(2,3)24-17(22)20-10-8-19(9-11-20)12-14(13-21)15-6-4-5-7-16(15)23-19/h4-7H,8-12H2,1-3H3. The van der Waals surface area contributed by atoms with E-state index in [-0.39, 0.29) is 6.09 Å². The number of rotatable bonds is 0. The molecule has 0 aliphatic carbocycles. The number of nitrogens with zero attached hydrogens (tertiary/aromatic N) is 1. The third-order valence-electron chi connectivity index (χ3n) is 4.49. The number of para-hydroxylation sites is 1. The number of carbonyl (C=O) groups excluding carboxylic acids is 2. The zero-order valence-corrected chi connectivity index (χ0v) is 14.4. The Morgan fingerprint density at radius 1 is 1.25 bits per heavy atom. The summed E-state index contributed by atoms with van der Waals surface area (Å²) in [4.78, 5) is 25.3. The molecule has 2 aliphatic rings. The van der Waals surface area contributed by atoms with Crippen molar-refractivity contribution in [2.75, 3.05) is 13.1 Å². The average molecular weight is 329 g/mol. The fourth-order valence-electron chi connectivity index (χ4n) is 3.28. The van der Waals surface area contributed by atoms with Gasteiger partial charge in [0, 0.05) is 37.9 Å². The number of fused-ring (bicyclic) bond motifs is 1. The molecule has 2 aliphatic heterocycles. The van der Waals surface area contributed by atoms with Gasteiger partial charge >= 0.3 is 6.09 Å². The van der Waals surface area contributed by atoms with Gasteiger partial charge in [-0.3, -0.25) is 0 Å². The second kappa shape index (κ2) is 5.99. The SMILES string of the molecule is CC(C)(C)OC(=O)N1CCC2(CC1)CC(=C=O)c1ccccc1O2. The molecule has 0 aromatic heterocycles.